The lowest BCUT2D eigenvalue weighted by Crippen LogP contribution is -2.21. The zero-order chi connectivity index (χ0) is 14.5. The highest BCUT2D eigenvalue weighted by Gasteiger charge is 2.20. The van der Waals surface area contributed by atoms with E-state index in [-0.39, 0.29) is 0 Å². The summed E-state index contributed by atoms with van der Waals surface area (Å²) < 4.78 is 1.73. The fourth-order valence-electron chi connectivity index (χ4n) is 2.39. The molecule has 0 saturated carbocycles. The van der Waals surface area contributed by atoms with Crippen molar-refractivity contribution in [2.75, 3.05) is 0 Å². The number of unbranched alkanes of at least 4 members (excludes halogenated alkanes) is 8. The fourth-order valence-corrected chi connectivity index (χ4v) is 4.41. The Kier molecular flexibility index (Phi) is 15.5. The van der Waals surface area contributed by atoms with Crippen molar-refractivity contribution < 1.29 is 0 Å². The van der Waals surface area contributed by atoms with Crippen LogP contribution in [0.4, 0.5) is 0 Å². The topological polar surface area (TPSA) is 0 Å². The Bertz CT molecular complexity index is 182. The van der Waals surface area contributed by atoms with Crippen LogP contribution in [0.1, 0.15) is 91.4 Å². The second kappa shape index (κ2) is 14.4. The summed E-state index contributed by atoms with van der Waals surface area (Å²) in [7, 11) is 0. The first kappa shape index (κ1) is 20.5. The quantitative estimate of drug-likeness (QED) is 0.141. The average molecular weight is 492 g/mol. The van der Waals surface area contributed by atoms with Gasteiger partial charge in [0.15, 0.2) is 0 Å². The molecule has 0 bridgehead atoms. The molecule has 0 radical (unpaired) electrons. The maximum absolute atomic E-state index is 2.68. The molecular formula is C17H34I2. The van der Waals surface area contributed by atoms with Gasteiger partial charge < -0.3 is 0 Å². The van der Waals surface area contributed by atoms with Crippen LogP contribution in [0.25, 0.3) is 0 Å². The molecule has 0 amide bonds. The van der Waals surface area contributed by atoms with Crippen LogP contribution in [0.5, 0.6) is 0 Å². The summed E-state index contributed by atoms with van der Waals surface area (Å²) in [5.41, 5.74) is 0. The van der Waals surface area contributed by atoms with Gasteiger partial charge in [-0.15, -0.1) is 0 Å². The predicted octanol–water partition coefficient (Wildman–Crippen LogP) is 7.56. The van der Waals surface area contributed by atoms with Crippen LogP contribution in [-0.4, -0.2) is 7.85 Å². The van der Waals surface area contributed by atoms with Crippen molar-refractivity contribution >= 4 is 45.2 Å². The summed E-state index contributed by atoms with van der Waals surface area (Å²) in [6, 6.07) is 0. The average Bonchev–Trinajstić information content (AvgIpc) is 2.43. The Morgan fingerprint density at radius 1 is 0.737 bits per heavy atom. The molecule has 0 aromatic rings. The lowest BCUT2D eigenvalue weighted by Gasteiger charge is -2.22. The molecule has 0 aliphatic heterocycles. The number of hydrogen-bond donors (Lipinski definition) is 0. The van der Waals surface area contributed by atoms with Crippen LogP contribution in [-0.2, 0) is 0 Å². The van der Waals surface area contributed by atoms with Crippen LogP contribution >= 0.6 is 45.2 Å². The van der Waals surface area contributed by atoms with Crippen molar-refractivity contribution in [1.82, 2.24) is 0 Å². The zero-order valence-corrected chi connectivity index (χ0v) is 17.6. The van der Waals surface area contributed by atoms with Gasteiger partial charge in [-0.1, -0.05) is 130 Å². The highest BCUT2D eigenvalue weighted by molar-refractivity contribution is 14.1. The van der Waals surface area contributed by atoms with Crippen molar-refractivity contribution in [2.24, 2.45) is 5.92 Å². The van der Waals surface area contributed by atoms with Gasteiger partial charge in [0.2, 0.25) is 0 Å². The highest BCUT2D eigenvalue weighted by atomic mass is 127. The smallest absolute Gasteiger partial charge is 0.0253 e. The van der Waals surface area contributed by atoms with E-state index in [9.17, 15) is 0 Å². The van der Waals surface area contributed by atoms with E-state index in [1.54, 1.807) is 0 Å². The minimum absolute atomic E-state index is 0.859. The van der Waals surface area contributed by atoms with Gasteiger partial charge in [-0.3, -0.25) is 0 Å². The summed E-state index contributed by atoms with van der Waals surface area (Å²) in [6.07, 6.45) is 15.8. The third-order valence-corrected chi connectivity index (χ3v) is 8.99. The molecule has 0 aliphatic carbocycles. The first-order chi connectivity index (χ1) is 9.13. The molecule has 0 aliphatic rings. The maximum Gasteiger partial charge on any atom is 0.0253 e. The van der Waals surface area contributed by atoms with Gasteiger partial charge in [-0.05, 0) is 12.3 Å². The molecule has 0 nitrogen and oxygen atoms in total. The molecule has 0 N–H and O–H groups in total. The van der Waals surface area contributed by atoms with Gasteiger partial charge in [0.25, 0.3) is 0 Å². The molecule has 0 aromatic carbocycles. The van der Waals surface area contributed by atoms with E-state index in [1.807, 2.05) is 0 Å². The predicted molar refractivity (Wildman–Crippen MR) is 107 cm³/mol. The van der Waals surface area contributed by atoms with Crippen molar-refractivity contribution in [3.05, 3.63) is 0 Å². The van der Waals surface area contributed by atoms with Crippen LogP contribution in [0.2, 0.25) is 0 Å². The largest absolute Gasteiger partial charge is 0.0815 e. The zero-order valence-electron chi connectivity index (χ0n) is 13.3. The third-order valence-electron chi connectivity index (χ3n) is 4.12. The van der Waals surface area contributed by atoms with Gasteiger partial charge in [-0.25, -0.2) is 0 Å². The second-order valence-electron chi connectivity index (χ2n) is 5.96. The maximum atomic E-state index is 2.68. The summed E-state index contributed by atoms with van der Waals surface area (Å²) >= 11 is 5.36. The van der Waals surface area contributed by atoms with Gasteiger partial charge in [0, 0.05) is 7.85 Å². The molecule has 0 fully saturated rings. The molecule has 0 unspecified atom stereocenters. The molecule has 0 spiro atoms. The van der Waals surface area contributed by atoms with Crippen LogP contribution in [0.15, 0.2) is 0 Å². The van der Waals surface area contributed by atoms with Crippen molar-refractivity contribution in [3.8, 4) is 0 Å². The van der Waals surface area contributed by atoms with E-state index in [4.69, 9.17) is 0 Å². The Balaban J connectivity index is 3.34. The molecule has 0 rings (SSSR count). The number of rotatable bonds is 13. The molecule has 0 saturated heterocycles. The van der Waals surface area contributed by atoms with Crippen LogP contribution in [0, 0.1) is 5.92 Å². The molecule has 3 atom stereocenters. The standard InChI is InChI=1S/C17H34I2/c1-4-6-7-8-9-10-11-12-13-14-16(18)17(19)15(3)5-2/h15-17H,4-14H2,1-3H3/t15-,16+,17-/m1/s1. The molecule has 0 heterocycles. The van der Waals surface area contributed by atoms with Crippen molar-refractivity contribution in [3.63, 3.8) is 0 Å². The van der Waals surface area contributed by atoms with Gasteiger partial charge in [0.05, 0.1) is 0 Å². The molecule has 19 heavy (non-hydrogen) atoms. The van der Waals surface area contributed by atoms with E-state index in [2.05, 4.69) is 66.0 Å². The Labute approximate surface area is 149 Å². The summed E-state index contributed by atoms with van der Waals surface area (Å²) in [5, 5.41) is 0. The van der Waals surface area contributed by atoms with Gasteiger partial charge >= 0.3 is 0 Å². The van der Waals surface area contributed by atoms with Gasteiger partial charge in [0.1, 0.15) is 0 Å². The molecular weight excluding hydrogens is 458 g/mol. The minimum Gasteiger partial charge on any atom is -0.0815 e. The Morgan fingerprint density at radius 2 is 1.21 bits per heavy atom. The summed E-state index contributed by atoms with van der Waals surface area (Å²) in [6.45, 7) is 7.01. The number of hydrogen-bond acceptors (Lipinski definition) is 0. The monoisotopic (exact) mass is 492 g/mol. The minimum atomic E-state index is 0.859. The van der Waals surface area contributed by atoms with E-state index >= 15 is 0 Å². The Morgan fingerprint density at radius 3 is 1.68 bits per heavy atom. The summed E-state index contributed by atoms with van der Waals surface area (Å²) in [5.74, 6) is 0.876. The van der Waals surface area contributed by atoms with Crippen molar-refractivity contribution in [2.45, 2.75) is 99.2 Å². The third kappa shape index (κ3) is 11.8. The van der Waals surface area contributed by atoms with Crippen LogP contribution in [0.3, 0.4) is 0 Å². The van der Waals surface area contributed by atoms with Crippen LogP contribution < -0.4 is 0 Å². The summed E-state index contributed by atoms with van der Waals surface area (Å²) in [4.78, 5) is 0. The first-order valence-electron chi connectivity index (χ1n) is 8.41. The second-order valence-corrected chi connectivity index (χ2v) is 9.00. The lowest BCUT2D eigenvalue weighted by atomic mass is 9.99. The van der Waals surface area contributed by atoms with Gasteiger partial charge in [-0.2, -0.15) is 0 Å². The molecule has 2 heteroatoms. The molecule has 116 valence electrons. The highest BCUT2D eigenvalue weighted by Crippen LogP contribution is 2.29. The van der Waals surface area contributed by atoms with E-state index in [0.717, 1.165) is 13.8 Å². The number of alkyl halides is 2. The van der Waals surface area contributed by atoms with E-state index < -0.39 is 0 Å². The first-order valence-corrected chi connectivity index (χ1v) is 10.9. The van der Waals surface area contributed by atoms with Crippen molar-refractivity contribution in [1.29, 1.82) is 0 Å². The lowest BCUT2D eigenvalue weighted by molar-refractivity contribution is 0.509. The number of halogens is 2. The fraction of sp³-hybridized carbons (Fsp3) is 1.00. The van der Waals surface area contributed by atoms with E-state index in [1.165, 1.54) is 70.6 Å². The normalized spacial score (nSPS) is 16.3. The Hall–Kier alpha value is 1.46. The molecule has 0 aromatic heterocycles. The van der Waals surface area contributed by atoms with E-state index in [0.29, 0.717) is 0 Å². The SMILES string of the molecule is CCCCCCCCCCC[C@H](I)[C@H](I)[C@H](C)CC.